The number of ether oxygens (including phenoxy) is 1. The molecule has 1 aromatic rings. The number of nitrogens with one attached hydrogen (secondary N) is 1. The Labute approximate surface area is 100 Å². The minimum Gasteiger partial charge on any atom is -0.378 e. The average Bonchev–Trinajstić information content (AvgIpc) is 2.87. The summed E-state index contributed by atoms with van der Waals surface area (Å²) < 4.78 is 5.59. The zero-order chi connectivity index (χ0) is 11.4. The highest BCUT2D eigenvalue weighted by Crippen LogP contribution is 2.19. The molecule has 2 heterocycles. The van der Waals surface area contributed by atoms with E-state index in [0.717, 1.165) is 29.6 Å². The molecule has 0 radical (unpaired) electrons. The van der Waals surface area contributed by atoms with Crippen LogP contribution in [-0.4, -0.2) is 29.0 Å². The second kappa shape index (κ2) is 5.70. The molecule has 0 bridgehead atoms. The van der Waals surface area contributed by atoms with Crippen LogP contribution in [0.4, 0.5) is 0 Å². The maximum absolute atomic E-state index is 5.59. The van der Waals surface area contributed by atoms with Crippen LogP contribution in [0.2, 0.25) is 0 Å². The van der Waals surface area contributed by atoms with Gasteiger partial charge in [0.05, 0.1) is 6.10 Å². The van der Waals surface area contributed by atoms with Crippen LogP contribution in [0.25, 0.3) is 0 Å². The van der Waals surface area contributed by atoms with Crippen LogP contribution >= 0.6 is 11.3 Å². The Morgan fingerprint density at radius 2 is 2.25 bits per heavy atom. The first-order valence-corrected chi connectivity index (χ1v) is 6.72. The Balaban J connectivity index is 1.81. The fourth-order valence-electron chi connectivity index (χ4n) is 1.73. The van der Waals surface area contributed by atoms with Gasteiger partial charge < -0.3 is 10.1 Å². The highest BCUT2D eigenvalue weighted by Gasteiger charge is 2.18. The van der Waals surface area contributed by atoms with Crippen molar-refractivity contribution in [2.45, 2.75) is 51.8 Å². The molecule has 4 nitrogen and oxygen atoms in total. The van der Waals surface area contributed by atoms with Crippen LogP contribution in [0.5, 0.6) is 0 Å². The van der Waals surface area contributed by atoms with Crippen LogP contribution in [0.3, 0.4) is 0 Å². The Bertz CT molecular complexity index is 321. The van der Waals surface area contributed by atoms with Gasteiger partial charge in [-0.2, -0.15) is 0 Å². The molecule has 1 N–H and O–H groups in total. The van der Waals surface area contributed by atoms with E-state index in [2.05, 4.69) is 29.4 Å². The summed E-state index contributed by atoms with van der Waals surface area (Å²) in [5, 5.41) is 13.9. The van der Waals surface area contributed by atoms with Crippen LogP contribution in [0.1, 0.15) is 36.7 Å². The van der Waals surface area contributed by atoms with Crippen molar-refractivity contribution in [1.29, 1.82) is 0 Å². The molecule has 1 aliphatic rings. The molecular weight excluding hydrogens is 222 g/mol. The van der Waals surface area contributed by atoms with Gasteiger partial charge in [0.25, 0.3) is 0 Å². The maximum atomic E-state index is 5.59. The summed E-state index contributed by atoms with van der Waals surface area (Å²) in [7, 11) is 0. The quantitative estimate of drug-likeness (QED) is 0.853. The van der Waals surface area contributed by atoms with Crippen LogP contribution < -0.4 is 5.32 Å². The summed E-state index contributed by atoms with van der Waals surface area (Å²) >= 11 is 1.70. The Kier molecular flexibility index (Phi) is 4.26. The SMILES string of the molecule is CC(C)NCc1nnc(CC2CCCO2)s1. The molecule has 5 heteroatoms. The third-order valence-corrected chi connectivity index (χ3v) is 3.54. The van der Waals surface area contributed by atoms with E-state index in [1.807, 2.05) is 0 Å². The van der Waals surface area contributed by atoms with Gasteiger partial charge in [0.15, 0.2) is 0 Å². The standard InChI is InChI=1S/C11H19N3OS/c1-8(2)12-7-11-14-13-10(16-11)6-9-4-3-5-15-9/h8-9,12H,3-7H2,1-2H3. The lowest BCUT2D eigenvalue weighted by atomic mass is 10.2. The second-order valence-electron chi connectivity index (χ2n) is 4.46. The van der Waals surface area contributed by atoms with Gasteiger partial charge in [-0.05, 0) is 12.8 Å². The van der Waals surface area contributed by atoms with E-state index in [1.54, 1.807) is 11.3 Å². The average molecular weight is 241 g/mol. The van der Waals surface area contributed by atoms with Crippen molar-refractivity contribution in [2.75, 3.05) is 6.61 Å². The fraction of sp³-hybridized carbons (Fsp3) is 0.818. The minimum atomic E-state index is 0.374. The highest BCUT2D eigenvalue weighted by atomic mass is 32.1. The molecule has 2 rings (SSSR count). The smallest absolute Gasteiger partial charge is 0.131 e. The third-order valence-electron chi connectivity index (χ3n) is 2.60. The summed E-state index contributed by atoms with van der Waals surface area (Å²) in [4.78, 5) is 0. The van der Waals surface area contributed by atoms with Crippen LogP contribution in [0.15, 0.2) is 0 Å². The Morgan fingerprint density at radius 3 is 2.94 bits per heavy atom. The number of rotatable bonds is 5. The largest absolute Gasteiger partial charge is 0.378 e. The highest BCUT2D eigenvalue weighted by molar-refractivity contribution is 7.11. The van der Waals surface area contributed by atoms with Gasteiger partial charge in [0.2, 0.25) is 0 Å². The lowest BCUT2D eigenvalue weighted by molar-refractivity contribution is 0.111. The molecule has 0 spiro atoms. The summed E-state index contributed by atoms with van der Waals surface area (Å²) in [6.45, 7) is 5.99. The molecule has 0 saturated carbocycles. The van der Waals surface area contributed by atoms with E-state index in [0.29, 0.717) is 12.1 Å². The maximum Gasteiger partial charge on any atom is 0.131 e. The van der Waals surface area contributed by atoms with Crippen LogP contribution in [0, 0.1) is 0 Å². The molecule has 0 amide bonds. The molecule has 1 unspecified atom stereocenters. The zero-order valence-corrected chi connectivity index (χ0v) is 10.7. The first-order valence-electron chi connectivity index (χ1n) is 5.90. The predicted molar refractivity (Wildman–Crippen MR) is 64.6 cm³/mol. The van der Waals surface area contributed by atoms with Gasteiger partial charge in [-0.1, -0.05) is 13.8 Å². The lowest BCUT2D eigenvalue weighted by Crippen LogP contribution is -2.21. The topological polar surface area (TPSA) is 47.0 Å². The Morgan fingerprint density at radius 1 is 1.44 bits per heavy atom. The van der Waals surface area contributed by atoms with Gasteiger partial charge in [0.1, 0.15) is 10.0 Å². The van der Waals surface area contributed by atoms with E-state index in [1.165, 1.54) is 12.8 Å². The predicted octanol–water partition coefficient (Wildman–Crippen LogP) is 1.76. The van der Waals surface area contributed by atoms with Gasteiger partial charge in [-0.3, -0.25) is 0 Å². The number of hydrogen-bond acceptors (Lipinski definition) is 5. The van der Waals surface area contributed by atoms with E-state index >= 15 is 0 Å². The molecular formula is C11H19N3OS. The van der Waals surface area contributed by atoms with Crippen molar-refractivity contribution in [3.8, 4) is 0 Å². The Hall–Kier alpha value is -0.520. The molecule has 1 atom stereocenters. The van der Waals surface area contributed by atoms with Crippen molar-refractivity contribution < 1.29 is 4.74 Å². The summed E-state index contributed by atoms with van der Waals surface area (Å²) in [6.07, 6.45) is 3.66. The molecule has 0 aliphatic carbocycles. The first-order chi connectivity index (χ1) is 7.74. The lowest BCUT2D eigenvalue weighted by Gasteiger charge is -2.05. The van der Waals surface area contributed by atoms with E-state index in [4.69, 9.17) is 4.74 Å². The molecule has 90 valence electrons. The van der Waals surface area contributed by atoms with Crippen molar-refractivity contribution >= 4 is 11.3 Å². The van der Waals surface area contributed by atoms with Gasteiger partial charge in [-0.25, -0.2) is 0 Å². The van der Waals surface area contributed by atoms with Crippen molar-refractivity contribution in [2.24, 2.45) is 0 Å². The summed E-state index contributed by atoms with van der Waals surface area (Å²) in [5.74, 6) is 0. The summed E-state index contributed by atoms with van der Waals surface area (Å²) in [5.41, 5.74) is 0. The van der Waals surface area contributed by atoms with Gasteiger partial charge in [0, 0.05) is 25.6 Å². The second-order valence-corrected chi connectivity index (χ2v) is 5.61. The zero-order valence-electron chi connectivity index (χ0n) is 9.90. The molecule has 1 aliphatic heterocycles. The summed E-state index contributed by atoms with van der Waals surface area (Å²) in [6, 6.07) is 0.491. The van der Waals surface area contributed by atoms with E-state index in [9.17, 15) is 0 Å². The number of hydrogen-bond donors (Lipinski definition) is 1. The van der Waals surface area contributed by atoms with Crippen molar-refractivity contribution in [3.63, 3.8) is 0 Å². The first kappa shape index (κ1) is 12.0. The van der Waals surface area contributed by atoms with E-state index in [-0.39, 0.29) is 0 Å². The monoisotopic (exact) mass is 241 g/mol. The third kappa shape index (κ3) is 3.50. The van der Waals surface area contributed by atoms with Crippen molar-refractivity contribution in [3.05, 3.63) is 10.0 Å². The van der Waals surface area contributed by atoms with Gasteiger partial charge in [-0.15, -0.1) is 21.5 Å². The molecule has 0 aromatic carbocycles. The minimum absolute atomic E-state index is 0.374. The molecule has 1 fully saturated rings. The normalized spacial score (nSPS) is 20.8. The number of nitrogens with zero attached hydrogens (tertiary/aromatic N) is 2. The van der Waals surface area contributed by atoms with Crippen LogP contribution in [-0.2, 0) is 17.7 Å². The fourth-order valence-corrected chi connectivity index (χ4v) is 2.59. The molecule has 1 saturated heterocycles. The molecule has 16 heavy (non-hydrogen) atoms. The van der Waals surface area contributed by atoms with Crippen molar-refractivity contribution in [1.82, 2.24) is 15.5 Å². The molecule has 1 aromatic heterocycles. The van der Waals surface area contributed by atoms with Gasteiger partial charge >= 0.3 is 0 Å². The number of aromatic nitrogens is 2. The van der Waals surface area contributed by atoms with E-state index < -0.39 is 0 Å².